The Hall–Kier alpha value is -1.88. The molecule has 0 saturated carbocycles. The van der Waals surface area contributed by atoms with Crippen LogP contribution >= 0.6 is 11.3 Å². The van der Waals surface area contributed by atoms with E-state index in [-0.39, 0.29) is 5.41 Å². The molecule has 0 saturated heterocycles. The van der Waals surface area contributed by atoms with Crippen molar-refractivity contribution >= 4 is 17.3 Å². The Morgan fingerprint density at radius 3 is 2.58 bits per heavy atom. The summed E-state index contributed by atoms with van der Waals surface area (Å²) < 4.78 is 0. The lowest BCUT2D eigenvalue weighted by Gasteiger charge is -2.26. The van der Waals surface area contributed by atoms with Gasteiger partial charge in [-0.1, -0.05) is 51.1 Å². The molecule has 24 heavy (non-hydrogen) atoms. The standard InChI is InChI=1S/C19H28N4S/c1-5-16-13-22-17(24-16)11-12-21-18(20-4)23-14-19(2,3)15-9-7-6-8-10-15/h6-10,13H,5,11-12,14H2,1-4H3,(H2,20,21,23). The van der Waals surface area contributed by atoms with Gasteiger partial charge in [-0.25, -0.2) is 4.98 Å². The number of guanidine groups is 1. The van der Waals surface area contributed by atoms with Gasteiger partial charge in [0, 0.05) is 43.0 Å². The molecule has 2 aromatic rings. The van der Waals surface area contributed by atoms with Gasteiger partial charge in [-0.15, -0.1) is 11.3 Å². The predicted octanol–water partition coefficient (Wildman–Crippen LogP) is 3.39. The molecule has 0 bridgehead atoms. The van der Waals surface area contributed by atoms with Crippen LogP contribution in [0.3, 0.4) is 0 Å². The van der Waals surface area contributed by atoms with E-state index in [1.807, 2.05) is 13.2 Å². The molecule has 0 aliphatic heterocycles. The zero-order valence-corrected chi connectivity index (χ0v) is 15.9. The fourth-order valence-corrected chi connectivity index (χ4v) is 3.29. The van der Waals surface area contributed by atoms with Crippen molar-refractivity contribution in [2.45, 2.75) is 39.0 Å². The van der Waals surface area contributed by atoms with Crippen LogP contribution in [0, 0.1) is 0 Å². The molecule has 1 aromatic carbocycles. The van der Waals surface area contributed by atoms with Gasteiger partial charge in [-0.3, -0.25) is 4.99 Å². The Bertz CT molecular complexity index is 646. The number of nitrogens with one attached hydrogen (secondary N) is 2. The van der Waals surface area contributed by atoms with Gasteiger partial charge in [0.15, 0.2) is 5.96 Å². The summed E-state index contributed by atoms with van der Waals surface area (Å²) in [5, 5.41) is 7.99. The number of benzene rings is 1. The smallest absolute Gasteiger partial charge is 0.191 e. The zero-order chi connectivity index (χ0) is 17.4. The molecule has 5 heteroatoms. The second-order valence-electron chi connectivity index (χ2n) is 6.43. The van der Waals surface area contributed by atoms with E-state index in [2.05, 4.69) is 71.7 Å². The Morgan fingerprint density at radius 1 is 1.21 bits per heavy atom. The van der Waals surface area contributed by atoms with E-state index in [1.165, 1.54) is 15.4 Å². The molecule has 0 atom stereocenters. The Morgan fingerprint density at radius 2 is 1.96 bits per heavy atom. The van der Waals surface area contributed by atoms with Crippen molar-refractivity contribution < 1.29 is 0 Å². The zero-order valence-electron chi connectivity index (χ0n) is 15.1. The van der Waals surface area contributed by atoms with Gasteiger partial charge < -0.3 is 10.6 Å². The minimum Gasteiger partial charge on any atom is -0.356 e. The van der Waals surface area contributed by atoms with E-state index in [4.69, 9.17) is 0 Å². The summed E-state index contributed by atoms with van der Waals surface area (Å²) in [6.07, 6.45) is 3.96. The minimum atomic E-state index is 0.0458. The van der Waals surface area contributed by atoms with Crippen molar-refractivity contribution in [2.75, 3.05) is 20.1 Å². The molecule has 4 nitrogen and oxygen atoms in total. The van der Waals surface area contributed by atoms with Crippen LogP contribution in [0.4, 0.5) is 0 Å². The lowest BCUT2D eigenvalue weighted by Crippen LogP contribution is -2.44. The van der Waals surface area contributed by atoms with Gasteiger partial charge >= 0.3 is 0 Å². The first-order valence-corrected chi connectivity index (χ1v) is 9.30. The number of rotatable bonds is 7. The molecule has 0 amide bonds. The van der Waals surface area contributed by atoms with Gasteiger partial charge in [0.2, 0.25) is 0 Å². The number of aliphatic imine (C=N–C) groups is 1. The molecular weight excluding hydrogens is 316 g/mol. The van der Waals surface area contributed by atoms with E-state index in [0.29, 0.717) is 0 Å². The molecule has 0 fully saturated rings. The second-order valence-corrected chi connectivity index (χ2v) is 7.63. The summed E-state index contributed by atoms with van der Waals surface area (Å²) in [5.41, 5.74) is 1.37. The van der Waals surface area contributed by atoms with Crippen molar-refractivity contribution in [1.29, 1.82) is 0 Å². The molecule has 0 spiro atoms. The van der Waals surface area contributed by atoms with E-state index in [0.717, 1.165) is 31.9 Å². The Labute approximate surface area is 149 Å². The van der Waals surface area contributed by atoms with Gasteiger partial charge in [-0.05, 0) is 12.0 Å². The lowest BCUT2D eigenvalue weighted by atomic mass is 9.85. The fraction of sp³-hybridized carbons (Fsp3) is 0.474. The summed E-state index contributed by atoms with van der Waals surface area (Å²) in [4.78, 5) is 10.1. The first kappa shape index (κ1) is 18.5. The summed E-state index contributed by atoms with van der Waals surface area (Å²) in [5.74, 6) is 0.839. The monoisotopic (exact) mass is 344 g/mol. The van der Waals surface area contributed by atoms with Gasteiger partial charge in [-0.2, -0.15) is 0 Å². The van der Waals surface area contributed by atoms with Crippen LogP contribution in [0.5, 0.6) is 0 Å². The summed E-state index contributed by atoms with van der Waals surface area (Å²) in [6.45, 7) is 8.31. The molecule has 0 aliphatic rings. The lowest BCUT2D eigenvalue weighted by molar-refractivity contribution is 0.508. The molecule has 0 unspecified atom stereocenters. The molecule has 2 N–H and O–H groups in total. The van der Waals surface area contributed by atoms with Gasteiger partial charge in [0.05, 0.1) is 5.01 Å². The molecule has 2 rings (SSSR count). The number of hydrogen-bond donors (Lipinski definition) is 2. The number of thiazole rings is 1. The van der Waals surface area contributed by atoms with Crippen molar-refractivity contribution in [1.82, 2.24) is 15.6 Å². The minimum absolute atomic E-state index is 0.0458. The molecule has 1 heterocycles. The molecular formula is C19H28N4S. The Balaban J connectivity index is 1.80. The number of nitrogens with zero attached hydrogens (tertiary/aromatic N) is 2. The van der Waals surface area contributed by atoms with Crippen LogP contribution < -0.4 is 10.6 Å². The van der Waals surface area contributed by atoms with E-state index >= 15 is 0 Å². The maximum Gasteiger partial charge on any atom is 0.191 e. The third-order valence-corrected chi connectivity index (χ3v) is 5.26. The summed E-state index contributed by atoms with van der Waals surface area (Å²) >= 11 is 1.80. The molecule has 130 valence electrons. The van der Waals surface area contributed by atoms with E-state index in [1.54, 1.807) is 11.3 Å². The Kier molecular flexibility index (Phi) is 6.79. The number of aromatic nitrogens is 1. The number of aryl methyl sites for hydroxylation is 1. The summed E-state index contributed by atoms with van der Waals surface area (Å²) in [7, 11) is 1.81. The molecule has 0 aliphatic carbocycles. The van der Waals surface area contributed by atoms with Crippen LogP contribution in [-0.4, -0.2) is 31.1 Å². The maximum atomic E-state index is 4.45. The van der Waals surface area contributed by atoms with Crippen LogP contribution in [0.2, 0.25) is 0 Å². The van der Waals surface area contributed by atoms with Crippen LogP contribution in [0.1, 0.15) is 36.2 Å². The fourth-order valence-electron chi connectivity index (χ4n) is 2.43. The third kappa shape index (κ3) is 5.34. The largest absolute Gasteiger partial charge is 0.356 e. The second kappa shape index (κ2) is 8.83. The highest BCUT2D eigenvalue weighted by Gasteiger charge is 2.20. The first-order valence-electron chi connectivity index (χ1n) is 8.49. The first-order chi connectivity index (χ1) is 11.5. The van der Waals surface area contributed by atoms with Gasteiger partial charge in [0.25, 0.3) is 0 Å². The topological polar surface area (TPSA) is 49.3 Å². The average Bonchev–Trinajstić information content (AvgIpc) is 3.06. The van der Waals surface area contributed by atoms with Crippen molar-refractivity contribution in [3.63, 3.8) is 0 Å². The van der Waals surface area contributed by atoms with E-state index in [9.17, 15) is 0 Å². The summed E-state index contributed by atoms with van der Waals surface area (Å²) in [6, 6.07) is 10.6. The van der Waals surface area contributed by atoms with Crippen molar-refractivity contribution in [3.8, 4) is 0 Å². The predicted molar refractivity (Wildman–Crippen MR) is 104 cm³/mol. The average molecular weight is 345 g/mol. The number of hydrogen-bond acceptors (Lipinski definition) is 3. The van der Waals surface area contributed by atoms with Crippen molar-refractivity contribution in [3.05, 3.63) is 52.0 Å². The third-order valence-electron chi connectivity index (χ3n) is 4.06. The normalized spacial score (nSPS) is 12.2. The van der Waals surface area contributed by atoms with Crippen LogP contribution in [-0.2, 0) is 18.3 Å². The van der Waals surface area contributed by atoms with Crippen LogP contribution in [0.25, 0.3) is 0 Å². The quantitative estimate of drug-likeness (QED) is 0.598. The van der Waals surface area contributed by atoms with E-state index < -0.39 is 0 Å². The SMILES string of the molecule is CCc1cnc(CCNC(=NC)NCC(C)(C)c2ccccc2)s1. The highest BCUT2D eigenvalue weighted by atomic mass is 32.1. The van der Waals surface area contributed by atoms with Crippen LogP contribution in [0.15, 0.2) is 41.5 Å². The molecule has 1 aromatic heterocycles. The molecule has 0 radical (unpaired) electrons. The highest BCUT2D eigenvalue weighted by Crippen LogP contribution is 2.21. The van der Waals surface area contributed by atoms with Crippen molar-refractivity contribution in [2.24, 2.45) is 4.99 Å². The van der Waals surface area contributed by atoms with Gasteiger partial charge in [0.1, 0.15) is 0 Å². The maximum absolute atomic E-state index is 4.45. The highest BCUT2D eigenvalue weighted by molar-refractivity contribution is 7.11.